The lowest BCUT2D eigenvalue weighted by Crippen LogP contribution is -2.36. The molecule has 0 radical (unpaired) electrons. The number of amides is 2. The van der Waals surface area contributed by atoms with E-state index < -0.39 is 23.8 Å². The van der Waals surface area contributed by atoms with Gasteiger partial charge in [0.1, 0.15) is 17.4 Å². The van der Waals surface area contributed by atoms with Crippen molar-refractivity contribution in [2.75, 3.05) is 22.9 Å². The van der Waals surface area contributed by atoms with E-state index >= 15 is 9.59 Å². The summed E-state index contributed by atoms with van der Waals surface area (Å²) in [6, 6.07) is 24.8. The standard InChI is InChI=1S/C84H118N2O6S2/c1-7-11-15-19-23-27-29-33-37-41-45-63(43-39-35-31-25-21-17-13-9-3)59-85-71-55-65(75-53-47-61(5)93-75)49-51-67(71)77(81(85)87)79-69-57-74-70(58-73(69)91-83(79)89)80(84(90)92-74)78-68-52-50-66(76-54-48-62(6)94-76)56-72(68)86(82(78)88)60-64(44-40-36-32-26-22-18-14-10-4)46-42-38-34-30-28-24-20-16-12-8-2/h47-58,63-64,77,79H,7-46,59-60H2,1-6H3/b80-78+. The second kappa shape index (κ2) is 38.6. The third-order valence-corrected chi connectivity index (χ3v) is 23.3. The highest BCUT2D eigenvalue weighted by atomic mass is 32.1. The minimum atomic E-state index is -0.952. The van der Waals surface area contributed by atoms with Crippen molar-refractivity contribution in [3.63, 3.8) is 0 Å². The molecule has 5 aromatic rings. The molecule has 6 heterocycles. The van der Waals surface area contributed by atoms with E-state index in [1.807, 2.05) is 15.9 Å². The molecule has 8 nitrogen and oxygen atoms in total. The van der Waals surface area contributed by atoms with Crippen LogP contribution in [-0.2, 0) is 19.2 Å². The van der Waals surface area contributed by atoms with Gasteiger partial charge in [-0.05, 0) is 117 Å². The molecule has 0 bridgehead atoms. The average molecular weight is 1320 g/mol. The van der Waals surface area contributed by atoms with Crippen molar-refractivity contribution < 1.29 is 28.7 Å². The molecule has 0 N–H and O–H groups in total. The number of anilines is 2. The van der Waals surface area contributed by atoms with E-state index in [4.69, 9.17) is 9.47 Å². The lowest BCUT2D eigenvalue weighted by Gasteiger charge is -2.26. The summed E-state index contributed by atoms with van der Waals surface area (Å²) in [7, 11) is 0. The normalized spacial score (nSPS) is 17.1. The minimum absolute atomic E-state index is 0.0761. The number of ether oxygens (including phenoxy) is 2. The number of fused-ring (bicyclic) bond motifs is 4. The molecule has 0 fully saturated rings. The van der Waals surface area contributed by atoms with E-state index in [2.05, 4.69) is 96.1 Å². The Morgan fingerprint density at radius 2 is 0.798 bits per heavy atom. The van der Waals surface area contributed by atoms with Gasteiger partial charge in [0.05, 0.1) is 22.8 Å². The zero-order chi connectivity index (χ0) is 66.0. The van der Waals surface area contributed by atoms with E-state index in [0.29, 0.717) is 47.4 Å². The molecule has 512 valence electrons. The van der Waals surface area contributed by atoms with Crippen LogP contribution in [0.2, 0.25) is 0 Å². The average Bonchev–Trinajstić information content (AvgIpc) is 1.57. The van der Waals surface area contributed by atoms with Gasteiger partial charge in [-0.15, -0.1) is 22.7 Å². The Bertz CT molecular complexity index is 3240. The molecular formula is C84H118N2O6S2. The van der Waals surface area contributed by atoms with Crippen molar-refractivity contribution in [1.82, 2.24) is 0 Å². The van der Waals surface area contributed by atoms with Gasteiger partial charge in [-0.1, -0.05) is 283 Å². The SMILES string of the molecule is CCCCCCCCCCCCC(CCCCCCCCCC)CN1C(=O)/C(=C2/C(=O)Oc3cc4c(cc32)OC(=O)C4C2C(=O)N(CC(CCCCCCCCCC)CCCCCCCCCCCC)c3cc(-c4ccc(C)s4)ccc32)c2ccc(-c3ccc(C)s3)cc21. The highest BCUT2D eigenvalue weighted by Crippen LogP contribution is 2.55. The van der Waals surface area contributed by atoms with Crippen LogP contribution in [0.5, 0.6) is 11.5 Å². The van der Waals surface area contributed by atoms with Gasteiger partial charge in [0, 0.05) is 55.0 Å². The summed E-state index contributed by atoms with van der Waals surface area (Å²) >= 11 is 3.50. The summed E-state index contributed by atoms with van der Waals surface area (Å²) in [4.78, 5) is 69.7. The Hall–Kier alpha value is -5.32. The highest BCUT2D eigenvalue weighted by Gasteiger charge is 2.52. The number of hydrogen-bond donors (Lipinski definition) is 0. The first-order valence-corrected chi connectivity index (χ1v) is 40.1. The molecular weight excluding hydrogens is 1200 g/mol. The second-order valence-corrected chi connectivity index (χ2v) is 31.4. The van der Waals surface area contributed by atoms with Crippen molar-refractivity contribution >= 4 is 68.9 Å². The highest BCUT2D eigenvalue weighted by molar-refractivity contribution is 7.15. The molecule has 3 aromatic carbocycles. The van der Waals surface area contributed by atoms with Crippen molar-refractivity contribution in [3.8, 4) is 32.4 Å². The van der Waals surface area contributed by atoms with Crippen molar-refractivity contribution in [3.05, 3.63) is 105 Å². The quantitative estimate of drug-likeness (QED) is 0.0167. The summed E-state index contributed by atoms with van der Waals surface area (Å²) in [6.45, 7) is 14.6. The molecule has 0 spiro atoms. The Kier molecular flexibility index (Phi) is 29.9. The smallest absolute Gasteiger partial charge is 0.345 e. The van der Waals surface area contributed by atoms with Crippen molar-refractivity contribution in [2.24, 2.45) is 11.8 Å². The fourth-order valence-electron chi connectivity index (χ4n) is 15.6. The number of nitrogens with zero attached hydrogens (tertiary/aromatic N) is 2. The van der Waals surface area contributed by atoms with E-state index in [-0.39, 0.29) is 23.1 Å². The lowest BCUT2D eigenvalue weighted by molar-refractivity contribution is -0.136. The van der Waals surface area contributed by atoms with Gasteiger partial charge in [0.2, 0.25) is 5.91 Å². The van der Waals surface area contributed by atoms with E-state index in [1.165, 1.54) is 215 Å². The van der Waals surface area contributed by atoms with Crippen LogP contribution in [0.25, 0.3) is 32.0 Å². The lowest BCUT2D eigenvalue weighted by atomic mass is 9.82. The molecule has 2 aromatic heterocycles. The number of hydrogen-bond acceptors (Lipinski definition) is 8. The summed E-state index contributed by atoms with van der Waals surface area (Å²) in [5.74, 6) is -1.89. The zero-order valence-electron chi connectivity index (χ0n) is 59.1. The predicted octanol–water partition coefficient (Wildman–Crippen LogP) is 25.0. The topological polar surface area (TPSA) is 93.2 Å². The summed E-state index contributed by atoms with van der Waals surface area (Å²) < 4.78 is 12.6. The Morgan fingerprint density at radius 1 is 0.383 bits per heavy atom. The molecule has 4 unspecified atom stereocenters. The van der Waals surface area contributed by atoms with Crippen molar-refractivity contribution in [1.29, 1.82) is 0 Å². The molecule has 0 aliphatic carbocycles. The van der Waals surface area contributed by atoms with Crippen LogP contribution < -0.4 is 19.3 Å². The molecule has 4 atom stereocenters. The van der Waals surface area contributed by atoms with Crippen LogP contribution in [0.4, 0.5) is 11.4 Å². The fourth-order valence-corrected chi connectivity index (χ4v) is 17.4. The molecule has 4 aliphatic rings. The number of esters is 2. The van der Waals surface area contributed by atoms with Gasteiger partial charge < -0.3 is 19.3 Å². The first-order chi connectivity index (χ1) is 46.0. The van der Waals surface area contributed by atoms with Crippen LogP contribution in [0, 0.1) is 25.7 Å². The summed E-state index contributed by atoms with van der Waals surface area (Å²) in [5, 5.41) is 0. The van der Waals surface area contributed by atoms with Crippen LogP contribution in [0.1, 0.15) is 328 Å². The number of unbranched alkanes of at least 4 members (excludes halogenated alkanes) is 32. The van der Waals surface area contributed by atoms with Crippen molar-refractivity contribution in [2.45, 2.75) is 310 Å². The molecule has 9 rings (SSSR count). The predicted molar refractivity (Wildman–Crippen MR) is 398 cm³/mol. The van der Waals surface area contributed by atoms with E-state index in [9.17, 15) is 9.59 Å². The number of aryl methyl sites for hydroxylation is 2. The van der Waals surface area contributed by atoms with Gasteiger partial charge in [-0.3, -0.25) is 14.4 Å². The van der Waals surface area contributed by atoms with Gasteiger partial charge in [-0.2, -0.15) is 0 Å². The number of benzene rings is 3. The number of thiophene rings is 2. The van der Waals surface area contributed by atoms with Crippen LogP contribution in [-0.4, -0.2) is 36.8 Å². The number of carbonyl (C=O) groups is 4. The van der Waals surface area contributed by atoms with E-state index in [0.717, 1.165) is 94.7 Å². The van der Waals surface area contributed by atoms with Gasteiger partial charge in [-0.25, -0.2) is 4.79 Å². The molecule has 10 heteroatoms. The second-order valence-electron chi connectivity index (χ2n) is 28.8. The molecule has 4 aliphatic heterocycles. The maximum atomic E-state index is 15.7. The number of carbonyl (C=O) groups excluding carboxylic acids is 4. The Labute approximate surface area is 576 Å². The van der Waals surface area contributed by atoms with Gasteiger partial charge >= 0.3 is 11.9 Å². The first kappa shape index (κ1) is 72.9. The largest absolute Gasteiger partial charge is 0.426 e. The minimum Gasteiger partial charge on any atom is -0.426 e. The first-order valence-electron chi connectivity index (χ1n) is 38.4. The molecule has 94 heavy (non-hydrogen) atoms. The maximum Gasteiger partial charge on any atom is 0.345 e. The van der Waals surface area contributed by atoms with E-state index in [1.54, 1.807) is 34.8 Å². The third kappa shape index (κ3) is 19.9. The molecule has 0 saturated carbocycles. The Balaban J connectivity index is 0.985. The molecule has 0 saturated heterocycles. The third-order valence-electron chi connectivity index (χ3n) is 21.2. The Morgan fingerprint density at radius 3 is 1.23 bits per heavy atom. The molecule has 2 amide bonds. The van der Waals surface area contributed by atoms with Gasteiger partial charge in [0.15, 0.2) is 0 Å². The monoisotopic (exact) mass is 1310 g/mol. The number of rotatable bonds is 47. The summed E-state index contributed by atoms with van der Waals surface area (Å²) in [5.41, 5.74) is 6.91. The van der Waals surface area contributed by atoms with Crippen LogP contribution in [0.15, 0.2) is 72.8 Å². The van der Waals surface area contributed by atoms with Crippen LogP contribution >= 0.6 is 22.7 Å². The zero-order valence-corrected chi connectivity index (χ0v) is 60.7. The van der Waals surface area contributed by atoms with Crippen LogP contribution in [0.3, 0.4) is 0 Å². The van der Waals surface area contributed by atoms with Gasteiger partial charge in [0.25, 0.3) is 5.91 Å². The fraction of sp³-hybridized carbons (Fsp3) is 0.619. The maximum absolute atomic E-state index is 15.7. The summed E-state index contributed by atoms with van der Waals surface area (Å²) in [6.07, 6.45) is 50.2.